The van der Waals surface area contributed by atoms with Gasteiger partial charge in [-0.3, -0.25) is 9.59 Å². The van der Waals surface area contributed by atoms with E-state index in [0.717, 1.165) is 51.4 Å². The van der Waals surface area contributed by atoms with E-state index < -0.39 is 12.2 Å². The predicted octanol–water partition coefficient (Wildman–Crippen LogP) is 3.38. The fourth-order valence-corrected chi connectivity index (χ4v) is 5.78. The van der Waals surface area contributed by atoms with Gasteiger partial charge < -0.3 is 68.9 Å². The normalized spacial score (nSPS) is 12.5. The molecule has 48 heavy (non-hydrogen) atoms. The number of hydrogen-bond donors (Lipinski definition) is 2. The minimum Gasteiger partial charge on any atom is -1.00 e. The zero-order valence-electron chi connectivity index (χ0n) is 31.5. The Morgan fingerprint density at radius 2 is 0.688 bits per heavy atom. The number of hydrogen-bond acceptors (Lipinski definition) is 4. The monoisotopic (exact) mass is 904 g/mol. The summed E-state index contributed by atoms with van der Waals surface area (Å²) in [5.74, 6) is -0.448. The maximum Gasteiger partial charge on any atom is 0.306 e. The molecule has 0 amide bonds. The minimum atomic E-state index is -0.522. The molecule has 0 aromatic heterocycles. The van der Waals surface area contributed by atoms with Crippen LogP contribution >= 0.6 is 0 Å². The van der Waals surface area contributed by atoms with Crippen LogP contribution in [0.2, 0.25) is 0 Å². The molecular formula is C40H78I2N2O4. The smallest absolute Gasteiger partial charge is 0.306 e. The number of carbonyl (C=O) groups excluding carboxylic acids is 2. The van der Waals surface area contributed by atoms with Gasteiger partial charge >= 0.3 is 11.9 Å². The van der Waals surface area contributed by atoms with E-state index in [0.29, 0.717) is 25.9 Å². The Morgan fingerprint density at radius 1 is 0.438 bits per heavy atom. The number of unbranched alkanes of at least 4 members (excludes halogenated alkanes) is 22. The van der Waals surface area contributed by atoms with Crippen molar-refractivity contribution >= 4 is 11.9 Å². The van der Waals surface area contributed by atoms with E-state index in [1.165, 1.54) is 116 Å². The van der Waals surface area contributed by atoms with Crippen LogP contribution in [0.3, 0.4) is 0 Å². The lowest BCUT2D eigenvalue weighted by Gasteiger charge is -2.22. The zero-order chi connectivity index (χ0) is 33.8. The minimum absolute atomic E-state index is 0. The van der Waals surface area contributed by atoms with Gasteiger partial charge in [0.25, 0.3) is 0 Å². The zero-order valence-corrected chi connectivity index (χ0v) is 35.8. The third kappa shape index (κ3) is 37.1. The molecule has 0 rings (SSSR count). The summed E-state index contributed by atoms with van der Waals surface area (Å²) in [4.78, 5) is 24.9. The number of ether oxygens (including phenoxy) is 2. The van der Waals surface area contributed by atoms with E-state index in [-0.39, 0.29) is 59.9 Å². The van der Waals surface area contributed by atoms with Gasteiger partial charge in [0.15, 0.2) is 12.2 Å². The topological polar surface area (TPSA) is 108 Å². The number of halogens is 2. The highest BCUT2D eigenvalue weighted by atomic mass is 127. The third-order valence-electron chi connectivity index (χ3n) is 8.83. The molecule has 2 unspecified atom stereocenters. The van der Waals surface area contributed by atoms with Crippen LogP contribution in [0.5, 0.6) is 0 Å². The average molecular weight is 905 g/mol. The standard InChI is InChI=1S/C40H76N2O4.2HI/c1-3-5-7-9-11-13-15-17-19-21-23-25-27-29-31-33-39(43)45-37(35-41)38(36-42)46-40(44)34-32-30-28-26-24-22-20-18-16-14-12-10-8-6-4-2;;/h17-20,37-38H,3-16,21-36,41-42H2,1-2H3;2*1H/b19-17-,20-18-;;. The van der Waals surface area contributed by atoms with E-state index >= 15 is 0 Å². The van der Waals surface area contributed by atoms with E-state index in [1.54, 1.807) is 0 Å². The predicted molar refractivity (Wildman–Crippen MR) is 194 cm³/mol. The van der Waals surface area contributed by atoms with Gasteiger partial charge in [0.1, 0.15) is 13.1 Å². The molecule has 0 fully saturated rings. The van der Waals surface area contributed by atoms with Crippen LogP contribution in [-0.2, 0) is 19.1 Å². The second-order valence-corrected chi connectivity index (χ2v) is 13.3. The quantitative estimate of drug-likeness (QED) is 0.0441. The van der Waals surface area contributed by atoms with Crippen molar-refractivity contribution in [1.82, 2.24) is 0 Å². The van der Waals surface area contributed by atoms with Gasteiger partial charge in [-0.25, -0.2) is 0 Å². The third-order valence-corrected chi connectivity index (χ3v) is 8.83. The fraction of sp³-hybridized carbons (Fsp3) is 0.850. The van der Waals surface area contributed by atoms with E-state index in [9.17, 15) is 9.59 Å². The number of rotatable bonds is 35. The van der Waals surface area contributed by atoms with Crippen molar-refractivity contribution in [3.8, 4) is 0 Å². The molecule has 0 saturated carbocycles. The van der Waals surface area contributed by atoms with Crippen molar-refractivity contribution in [2.24, 2.45) is 0 Å². The lowest BCUT2D eigenvalue weighted by atomic mass is 10.1. The molecule has 0 aliphatic carbocycles. The summed E-state index contributed by atoms with van der Waals surface area (Å²) in [6.45, 7) is 5.28. The van der Waals surface area contributed by atoms with Gasteiger partial charge in [-0.15, -0.1) is 0 Å². The molecule has 0 aliphatic heterocycles. The van der Waals surface area contributed by atoms with Crippen LogP contribution in [0.4, 0.5) is 0 Å². The van der Waals surface area contributed by atoms with Crippen LogP contribution in [0.25, 0.3) is 0 Å². The van der Waals surface area contributed by atoms with Crippen molar-refractivity contribution in [1.29, 1.82) is 0 Å². The highest BCUT2D eigenvalue weighted by molar-refractivity contribution is 5.70. The lowest BCUT2D eigenvalue weighted by Crippen LogP contribution is -3.00. The number of carbonyl (C=O) groups is 2. The first-order chi connectivity index (χ1) is 22.6. The Kier molecular flexibility index (Phi) is 46.7. The van der Waals surface area contributed by atoms with Crippen LogP contribution in [0.1, 0.15) is 194 Å². The van der Waals surface area contributed by atoms with Gasteiger partial charge in [0, 0.05) is 12.8 Å². The molecule has 0 aromatic carbocycles. The first-order valence-corrected chi connectivity index (χ1v) is 19.9. The molecule has 286 valence electrons. The molecule has 0 aliphatic rings. The lowest BCUT2D eigenvalue weighted by molar-refractivity contribution is -0.414. The number of esters is 2. The largest absolute Gasteiger partial charge is 1.00 e. The molecule has 0 radical (unpaired) electrons. The van der Waals surface area contributed by atoms with Gasteiger partial charge in [-0.05, 0) is 64.2 Å². The van der Waals surface area contributed by atoms with E-state index in [1.807, 2.05) is 0 Å². The summed E-state index contributed by atoms with van der Waals surface area (Å²) in [6.07, 6.45) is 41.1. The molecule has 0 aromatic rings. The van der Waals surface area contributed by atoms with Crippen molar-refractivity contribution in [2.75, 3.05) is 13.1 Å². The number of allylic oxidation sites excluding steroid dienone is 4. The Labute approximate surface area is 331 Å². The van der Waals surface area contributed by atoms with Crippen LogP contribution in [-0.4, -0.2) is 37.2 Å². The Hall–Kier alpha value is -0.200. The average Bonchev–Trinajstić information content (AvgIpc) is 3.06. The molecule has 6 nitrogen and oxygen atoms in total. The van der Waals surface area contributed by atoms with Gasteiger partial charge in [0.2, 0.25) is 0 Å². The van der Waals surface area contributed by atoms with Crippen molar-refractivity contribution in [3.63, 3.8) is 0 Å². The SMILES string of the molecule is CCCCCCCC/C=C\CCCCCCCC(=O)OC(C[NH3+])C(C[NH3+])OC(=O)CCCCCCC/C=C\CCCCCCCC.[I-].[I-]. The fourth-order valence-electron chi connectivity index (χ4n) is 5.78. The second kappa shape index (κ2) is 43.0. The Morgan fingerprint density at radius 3 is 0.958 bits per heavy atom. The Balaban J connectivity index is -0.0000101. The first-order valence-electron chi connectivity index (χ1n) is 19.9. The summed E-state index contributed by atoms with van der Waals surface area (Å²) in [6, 6.07) is 0. The van der Waals surface area contributed by atoms with Gasteiger partial charge in [-0.1, -0.05) is 141 Å². The highest BCUT2D eigenvalue weighted by Crippen LogP contribution is 2.14. The maximum atomic E-state index is 12.5. The van der Waals surface area contributed by atoms with Crippen molar-refractivity contribution < 1.29 is 78.5 Å². The molecule has 8 heteroatoms. The summed E-state index contributed by atoms with van der Waals surface area (Å²) < 4.78 is 11.3. The summed E-state index contributed by atoms with van der Waals surface area (Å²) >= 11 is 0. The summed E-state index contributed by atoms with van der Waals surface area (Å²) in [5, 5.41) is 0. The van der Waals surface area contributed by atoms with Crippen molar-refractivity contribution in [3.05, 3.63) is 24.3 Å². The number of quaternary nitrogens is 2. The Bertz CT molecular complexity index is 676. The maximum absolute atomic E-state index is 12.5. The molecule has 2 atom stereocenters. The second-order valence-electron chi connectivity index (χ2n) is 13.3. The van der Waals surface area contributed by atoms with Crippen LogP contribution in [0.15, 0.2) is 24.3 Å². The highest BCUT2D eigenvalue weighted by Gasteiger charge is 2.29. The molecule has 0 bridgehead atoms. The molecular weight excluding hydrogens is 826 g/mol. The summed E-state index contributed by atoms with van der Waals surface area (Å²) in [5.41, 5.74) is 7.86. The molecule has 0 spiro atoms. The van der Waals surface area contributed by atoms with Crippen LogP contribution < -0.4 is 59.4 Å². The molecule has 6 N–H and O–H groups in total. The molecule has 0 saturated heterocycles. The van der Waals surface area contributed by atoms with Crippen molar-refractivity contribution in [2.45, 2.75) is 206 Å². The van der Waals surface area contributed by atoms with Crippen LogP contribution in [0, 0.1) is 0 Å². The summed E-state index contributed by atoms with van der Waals surface area (Å²) in [7, 11) is 0. The van der Waals surface area contributed by atoms with E-state index in [4.69, 9.17) is 9.47 Å². The van der Waals surface area contributed by atoms with E-state index in [2.05, 4.69) is 49.6 Å². The molecule has 0 heterocycles. The first kappa shape index (κ1) is 52.2. The van der Waals surface area contributed by atoms with Gasteiger partial charge in [-0.2, -0.15) is 0 Å². The van der Waals surface area contributed by atoms with Gasteiger partial charge in [0.05, 0.1) is 0 Å².